The number of hydrogen-bond donors (Lipinski definition) is 1. The lowest BCUT2D eigenvalue weighted by molar-refractivity contribution is 0.173. The second-order valence-electron chi connectivity index (χ2n) is 7.31. The summed E-state index contributed by atoms with van der Waals surface area (Å²) >= 11 is 0. The van der Waals surface area contributed by atoms with E-state index in [1.54, 1.807) is 0 Å². The average molecular weight is 366 g/mol. The third-order valence-corrected chi connectivity index (χ3v) is 5.25. The van der Waals surface area contributed by atoms with Crippen LogP contribution in [0, 0.1) is 0 Å². The summed E-state index contributed by atoms with van der Waals surface area (Å²) < 4.78 is 10.9. The molecule has 2 amide bonds. The molecule has 0 atom stereocenters. The molecule has 5 nitrogen and oxygen atoms in total. The SMILES string of the molecule is O=C(NC1CCCCC1)N(Cc1ccccc1)Cc1ccc2c(c1)OCO2. The molecule has 1 heterocycles. The van der Waals surface area contributed by atoms with Crippen LogP contribution in [0.5, 0.6) is 11.5 Å². The molecule has 1 saturated carbocycles. The van der Waals surface area contributed by atoms with Crippen molar-refractivity contribution in [2.75, 3.05) is 6.79 Å². The molecule has 5 heteroatoms. The van der Waals surface area contributed by atoms with Crippen molar-refractivity contribution in [2.45, 2.75) is 51.2 Å². The highest BCUT2D eigenvalue weighted by Gasteiger charge is 2.21. The van der Waals surface area contributed by atoms with E-state index in [-0.39, 0.29) is 12.8 Å². The number of nitrogens with one attached hydrogen (secondary N) is 1. The Morgan fingerprint density at radius 2 is 1.67 bits per heavy atom. The topological polar surface area (TPSA) is 50.8 Å². The number of carbonyl (C=O) groups excluding carboxylic acids is 1. The molecule has 0 spiro atoms. The van der Waals surface area contributed by atoms with E-state index in [0.29, 0.717) is 19.1 Å². The molecular formula is C22H26N2O3. The van der Waals surface area contributed by atoms with Crippen LogP contribution < -0.4 is 14.8 Å². The van der Waals surface area contributed by atoms with Crippen molar-refractivity contribution in [3.63, 3.8) is 0 Å². The predicted molar refractivity (Wildman–Crippen MR) is 104 cm³/mol. The van der Waals surface area contributed by atoms with Gasteiger partial charge in [-0.15, -0.1) is 0 Å². The largest absolute Gasteiger partial charge is 0.454 e. The Bertz CT molecular complexity index is 772. The molecule has 2 aromatic rings. The van der Waals surface area contributed by atoms with E-state index < -0.39 is 0 Å². The highest BCUT2D eigenvalue weighted by atomic mass is 16.7. The lowest BCUT2D eigenvalue weighted by Crippen LogP contribution is -2.44. The third-order valence-electron chi connectivity index (χ3n) is 5.25. The number of nitrogens with zero attached hydrogens (tertiary/aromatic N) is 1. The maximum Gasteiger partial charge on any atom is 0.318 e. The van der Waals surface area contributed by atoms with E-state index in [1.807, 2.05) is 41.3 Å². The van der Waals surface area contributed by atoms with Crippen molar-refractivity contribution in [3.05, 3.63) is 59.7 Å². The fraction of sp³-hybridized carbons (Fsp3) is 0.409. The first kappa shape index (κ1) is 17.7. The zero-order chi connectivity index (χ0) is 18.5. The van der Waals surface area contributed by atoms with Crippen LogP contribution in [0.1, 0.15) is 43.2 Å². The monoisotopic (exact) mass is 366 g/mol. The number of ether oxygens (including phenoxy) is 2. The molecular weight excluding hydrogens is 340 g/mol. The number of amides is 2. The molecule has 142 valence electrons. The highest BCUT2D eigenvalue weighted by molar-refractivity contribution is 5.74. The van der Waals surface area contributed by atoms with Gasteiger partial charge in [0, 0.05) is 19.1 Å². The van der Waals surface area contributed by atoms with E-state index >= 15 is 0 Å². The van der Waals surface area contributed by atoms with Crippen molar-refractivity contribution in [1.82, 2.24) is 10.2 Å². The summed E-state index contributed by atoms with van der Waals surface area (Å²) in [6.07, 6.45) is 5.83. The van der Waals surface area contributed by atoms with E-state index in [4.69, 9.17) is 9.47 Å². The molecule has 1 aliphatic heterocycles. The van der Waals surface area contributed by atoms with Crippen LogP contribution in [0.4, 0.5) is 4.79 Å². The second kappa shape index (κ2) is 8.33. The Hall–Kier alpha value is -2.69. The molecule has 1 aliphatic carbocycles. The van der Waals surface area contributed by atoms with Gasteiger partial charge in [0.05, 0.1) is 0 Å². The van der Waals surface area contributed by atoms with Gasteiger partial charge in [-0.05, 0) is 36.1 Å². The molecule has 0 saturated heterocycles. The molecule has 27 heavy (non-hydrogen) atoms. The molecule has 1 N–H and O–H groups in total. The molecule has 2 aromatic carbocycles. The first-order valence-electron chi connectivity index (χ1n) is 9.76. The molecule has 4 rings (SSSR count). The lowest BCUT2D eigenvalue weighted by Gasteiger charge is -2.28. The van der Waals surface area contributed by atoms with Gasteiger partial charge in [-0.25, -0.2) is 4.79 Å². The maximum atomic E-state index is 13.0. The normalized spacial score (nSPS) is 16.1. The van der Waals surface area contributed by atoms with Gasteiger partial charge in [0.1, 0.15) is 0 Å². The Morgan fingerprint density at radius 1 is 0.926 bits per heavy atom. The first-order valence-corrected chi connectivity index (χ1v) is 9.76. The van der Waals surface area contributed by atoms with Crippen LogP contribution in [0.3, 0.4) is 0 Å². The van der Waals surface area contributed by atoms with Crippen molar-refractivity contribution < 1.29 is 14.3 Å². The number of fused-ring (bicyclic) bond motifs is 1. The van der Waals surface area contributed by atoms with Crippen LogP contribution in [0.15, 0.2) is 48.5 Å². The summed E-state index contributed by atoms with van der Waals surface area (Å²) in [6.45, 7) is 1.37. The Balaban J connectivity index is 1.49. The average Bonchev–Trinajstić information content (AvgIpc) is 3.17. The van der Waals surface area contributed by atoms with Gasteiger partial charge in [-0.3, -0.25) is 0 Å². The van der Waals surface area contributed by atoms with Gasteiger partial charge < -0.3 is 19.7 Å². The van der Waals surface area contributed by atoms with E-state index in [2.05, 4.69) is 17.4 Å². The Morgan fingerprint density at radius 3 is 2.48 bits per heavy atom. The molecule has 0 aromatic heterocycles. The molecule has 0 unspecified atom stereocenters. The summed E-state index contributed by atoms with van der Waals surface area (Å²) in [6, 6.07) is 16.3. The number of rotatable bonds is 5. The van der Waals surface area contributed by atoms with Gasteiger partial charge in [-0.2, -0.15) is 0 Å². The minimum absolute atomic E-state index is 0.00317. The zero-order valence-corrected chi connectivity index (χ0v) is 15.5. The van der Waals surface area contributed by atoms with Gasteiger partial charge in [0.2, 0.25) is 6.79 Å². The van der Waals surface area contributed by atoms with Crippen LogP contribution in [0.2, 0.25) is 0 Å². The zero-order valence-electron chi connectivity index (χ0n) is 15.5. The first-order chi connectivity index (χ1) is 13.3. The van der Waals surface area contributed by atoms with Crippen LogP contribution in [-0.4, -0.2) is 23.8 Å². The minimum Gasteiger partial charge on any atom is -0.454 e. The summed E-state index contributed by atoms with van der Waals surface area (Å²) in [5.74, 6) is 1.51. The Kier molecular flexibility index (Phi) is 5.47. The van der Waals surface area contributed by atoms with Gasteiger partial charge in [-0.1, -0.05) is 55.7 Å². The van der Waals surface area contributed by atoms with E-state index in [0.717, 1.165) is 35.5 Å². The van der Waals surface area contributed by atoms with Crippen molar-refractivity contribution in [3.8, 4) is 11.5 Å². The number of benzene rings is 2. The molecule has 2 aliphatic rings. The maximum absolute atomic E-state index is 13.0. The summed E-state index contributed by atoms with van der Waals surface area (Å²) in [5.41, 5.74) is 2.16. The van der Waals surface area contributed by atoms with E-state index in [1.165, 1.54) is 19.3 Å². The second-order valence-corrected chi connectivity index (χ2v) is 7.31. The van der Waals surface area contributed by atoms with Gasteiger partial charge in [0.25, 0.3) is 0 Å². The van der Waals surface area contributed by atoms with Gasteiger partial charge >= 0.3 is 6.03 Å². The third kappa shape index (κ3) is 4.54. The van der Waals surface area contributed by atoms with Crippen LogP contribution in [0.25, 0.3) is 0 Å². The standard InChI is InChI=1S/C22H26N2O3/c25-22(23-19-9-5-2-6-10-19)24(14-17-7-3-1-4-8-17)15-18-11-12-20-21(13-18)27-16-26-20/h1,3-4,7-8,11-13,19H,2,5-6,9-10,14-16H2,(H,23,25). The molecule has 1 fully saturated rings. The van der Waals surface area contributed by atoms with E-state index in [9.17, 15) is 4.79 Å². The predicted octanol–water partition coefficient (Wildman–Crippen LogP) is 4.46. The number of urea groups is 1. The van der Waals surface area contributed by atoms with Crippen molar-refractivity contribution in [2.24, 2.45) is 0 Å². The molecule has 0 bridgehead atoms. The quantitative estimate of drug-likeness (QED) is 0.850. The number of carbonyl (C=O) groups is 1. The lowest BCUT2D eigenvalue weighted by atomic mass is 9.96. The summed E-state index contributed by atoms with van der Waals surface area (Å²) in [4.78, 5) is 14.9. The number of hydrogen-bond acceptors (Lipinski definition) is 3. The molecule has 0 radical (unpaired) electrons. The fourth-order valence-electron chi connectivity index (χ4n) is 3.78. The van der Waals surface area contributed by atoms with Crippen molar-refractivity contribution >= 4 is 6.03 Å². The highest BCUT2D eigenvalue weighted by Crippen LogP contribution is 2.33. The smallest absolute Gasteiger partial charge is 0.318 e. The Labute approximate surface area is 160 Å². The summed E-state index contributed by atoms with van der Waals surface area (Å²) in [5, 5.41) is 3.24. The fourth-order valence-corrected chi connectivity index (χ4v) is 3.78. The van der Waals surface area contributed by atoms with Crippen molar-refractivity contribution in [1.29, 1.82) is 0 Å². The van der Waals surface area contributed by atoms with Crippen LogP contribution in [-0.2, 0) is 13.1 Å². The minimum atomic E-state index is 0.00317. The summed E-state index contributed by atoms with van der Waals surface area (Å²) in [7, 11) is 0. The van der Waals surface area contributed by atoms with Gasteiger partial charge in [0.15, 0.2) is 11.5 Å². The van der Waals surface area contributed by atoms with Crippen LogP contribution >= 0.6 is 0 Å².